The Balaban J connectivity index is 2.18. The zero-order chi connectivity index (χ0) is 16.4. The molecule has 0 spiro atoms. The third kappa shape index (κ3) is 4.23. The zero-order valence-electron chi connectivity index (χ0n) is 15.7. The maximum absolute atomic E-state index is 13.7. The summed E-state index contributed by atoms with van der Waals surface area (Å²) in [5.41, 5.74) is 0. The average Bonchev–Trinajstić information content (AvgIpc) is 2.45. The van der Waals surface area contributed by atoms with E-state index in [0.29, 0.717) is 21.5 Å². The van der Waals surface area contributed by atoms with Crippen LogP contribution in [0.5, 0.6) is 0 Å². The van der Waals surface area contributed by atoms with Crippen LogP contribution in [0.15, 0.2) is 0 Å². The Bertz CT molecular complexity index is 342. The van der Waals surface area contributed by atoms with Crippen LogP contribution in [0.25, 0.3) is 0 Å². The monoisotopic (exact) mass is 374 g/mol. The van der Waals surface area contributed by atoms with Gasteiger partial charge in [0.15, 0.2) is 0 Å². The van der Waals surface area contributed by atoms with Crippen LogP contribution in [0, 0.1) is 35.5 Å². The summed E-state index contributed by atoms with van der Waals surface area (Å²) in [6.07, 6.45) is 7.83. The summed E-state index contributed by atoms with van der Waals surface area (Å²) in [7, 11) is 0. The molecule has 0 amide bonds. The van der Waals surface area contributed by atoms with Crippen LogP contribution >= 0.6 is 0 Å². The van der Waals surface area contributed by atoms with Crippen LogP contribution in [0.3, 0.4) is 0 Å². The summed E-state index contributed by atoms with van der Waals surface area (Å²) in [6.45, 7) is 14.2. The van der Waals surface area contributed by atoms with Gasteiger partial charge >= 0.3 is 143 Å². The third-order valence-electron chi connectivity index (χ3n) is 6.52. The number of hydrogen-bond acceptors (Lipinski definition) is 1. The van der Waals surface area contributed by atoms with E-state index in [9.17, 15) is 3.83 Å². The van der Waals surface area contributed by atoms with Crippen LogP contribution in [0.1, 0.15) is 80.1 Å². The van der Waals surface area contributed by atoms with E-state index >= 15 is 0 Å². The van der Waals surface area contributed by atoms with Crippen molar-refractivity contribution in [1.29, 1.82) is 0 Å². The zero-order valence-corrected chi connectivity index (χ0v) is 17.4. The molecule has 2 heteroatoms. The van der Waals surface area contributed by atoms with E-state index in [1.54, 1.807) is 0 Å². The van der Waals surface area contributed by atoms with Crippen molar-refractivity contribution in [2.24, 2.45) is 35.5 Å². The Kier molecular flexibility index (Phi) is 6.72. The summed E-state index contributed by atoms with van der Waals surface area (Å²) < 4.78 is 13.7. The first-order valence-electron chi connectivity index (χ1n) is 9.70. The molecule has 1 nitrogen and oxygen atoms in total. The van der Waals surface area contributed by atoms with Crippen LogP contribution < -0.4 is 0 Å². The number of hydrogen-bond donors (Lipinski definition) is 0. The molecule has 130 valence electrons. The van der Waals surface area contributed by atoms with Crippen molar-refractivity contribution < 1.29 is 3.83 Å². The summed E-state index contributed by atoms with van der Waals surface area (Å²) in [4.78, 5) is 1.11. The molecule has 0 heterocycles. The minimum absolute atomic E-state index is 0.556. The SMILES string of the molecule is CC1CCC(C(C)C)C([Se](=O)C2CC(C)CCC2C(C)C)C1. The molecule has 2 aliphatic carbocycles. The Morgan fingerprint density at radius 1 is 0.727 bits per heavy atom. The van der Waals surface area contributed by atoms with Crippen LogP contribution in [0.2, 0.25) is 9.63 Å². The molecule has 2 fully saturated rings. The van der Waals surface area contributed by atoms with Gasteiger partial charge in [-0.15, -0.1) is 0 Å². The Morgan fingerprint density at radius 3 is 1.41 bits per heavy atom. The molecule has 0 aromatic heterocycles. The van der Waals surface area contributed by atoms with E-state index in [4.69, 9.17) is 0 Å². The summed E-state index contributed by atoms with van der Waals surface area (Å²) in [6, 6.07) is 0. The Morgan fingerprint density at radius 2 is 1.09 bits per heavy atom. The predicted octanol–water partition coefficient (Wildman–Crippen LogP) is 6.33. The molecule has 0 aliphatic heterocycles. The summed E-state index contributed by atoms with van der Waals surface area (Å²) in [5, 5.41) is 0. The van der Waals surface area contributed by atoms with E-state index in [-0.39, 0.29) is 0 Å². The molecule has 2 saturated carbocycles. The van der Waals surface area contributed by atoms with Gasteiger partial charge in [0, 0.05) is 0 Å². The first kappa shape index (κ1) is 18.7. The maximum atomic E-state index is 13.7. The van der Waals surface area contributed by atoms with Gasteiger partial charge in [0.1, 0.15) is 0 Å². The van der Waals surface area contributed by atoms with Gasteiger partial charge in [0.05, 0.1) is 0 Å². The van der Waals surface area contributed by atoms with E-state index in [1.165, 1.54) is 38.5 Å². The van der Waals surface area contributed by atoms with E-state index in [1.807, 2.05) is 0 Å². The molecule has 0 bridgehead atoms. The fraction of sp³-hybridized carbons (Fsp3) is 1.00. The van der Waals surface area contributed by atoms with Gasteiger partial charge in [-0.25, -0.2) is 0 Å². The van der Waals surface area contributed by atoms with Crippen molar-refractivity contribution in [3.8, 4) is 0 Å². The molecular weight excluding hydrogens is 335 g/mol. The van der Waals surface area contributed by atoms with Gasteiger partial charge < -0.3 is 0 Å². The molecule has 22 heavy (non-hydrogen) atoms. The summed E-state index contributed by atoms with van der Waals surface area (Å²) >= 11 is -1.76. The first-order chi connectivity index (χ1) is 10.3. The summed E-state index contributed by atoms with van der Waals surface area (Å²) in [5.74, 6) is 4.44. The van der Waals surface area contributed by atoms with Gasteiger partial charge in [0.25, 0.3) is 0 Å². The van der Waals surface area contributed by atoms with Crippen molar-refractivity contribution in [3.05, 3.63) is 0 Å². The second-order valence-corrected chi connectivity index (χ2v) is 13.0. The molecule has 2 aliphatic rings. The van der Waals surface area contributed by atoms with Gasteiger partial charge in [0.2, 0.25) is 0 Å². The second kappa shape index (κ2) is 7.93. The van der Waals surface area contributed by atoms with Crippen molar-refractivity contribution in [2.45, 2.75) is 89.7 Å². The molecule has 6 atom stereocenters. The normalized spacial score (nSPS) is 41.8. The van der Waals surface area contributed by atoms with Gasteiger partial charge in [-0.2, -0.15) is 0 Å². The fourth-order valence-corrected chi connectivity index (χ4v) is 11.4. The van der Waals surface area contributed by atoms with E-state index in [2.05, 4.69) is 41.5 Å². The molecule has 0 radical (unpaired) electrons. The van der Waals surface area contributed by atoms with Crippen molar-refractivity contribution >= 4 is 13.8 Å². The Labute approximate surface area is 143 Å². The van der Waals surface area contributed by atoms with Gasteiger partial charge in [-0.3, -0.25) is 0 Å². The predicted molar refractivity (Wildman–Crippen MR) is 96.6 cm³/mol. The van der Waals surface area contributed by atoms with Gasteiger partial charge in [-0.05, 0) is 0 Å². The van der Waals surface area contributed by atoms with E-state index < -0.39 is 13.8 Å². The number of rotatable bonds is 4. The first-order valence-corrected chi connectivity index (χ1v) is 12.4. The standard InChI is InChI=1S/C20H38OSe/c1-13(2)17-9-7-15(5)11-19(17)22(21)20-12-16(6)8-10-18(20)14(3)4/h13-20H,7-12H2,1-6H3. The quantitative estimate of drug-likeness (QED) is 0.526. The Hall–Kier alpha value is 0.319. The van der Waals surface area contributed by atoms with Gasteiger partial charge in [-0.1, -0.05) is 0 Å². The molecular formula is C20H38OSe. The average molecular weight is 373 g/mol. The van der Waals surface area contributed by atoms with Crippen LogP contribution in [0.4, 0.5) is 0 Å². The van der Waals surface area contributed by atoms with E-state index in [0.717, 1.165) is 23.7 Å². The van der Waals surface area contributed by atoms with Crippen LogP contribution in [-0.4, -0.2) is 13.8 Å². The molecule has 2 rings (SSSR count). The van der Waals surface area contributed by atoms with Crippen LogP contribution in [-0.2, 0) is 3.83 Å². The molecule has 6 unspecified atom stereocenters. The molecule has 0 N–H and O–H groups in total. The molecule has 0 aromatic carbocycles. The molecule has 0 saturated heterocycles. The fourth-order valence-electron chi connectivity index (χ4n) is 4.99. The van der Waals surface area contributed by atoms with Crippen molar-refractivity contribution in [2.75, 3.05) is 0 Å². The second-order valence-electron chi connectivity index (χ2n) is 9.06. The molecule has 0 aromatic rings. The third-order valence-corrected chi connectivity index (χ3v) is 11.3. The topological polar surface area (TPSA) is 17.1 Å². The van der Waals surface area contributed by atoms with Crippen molar-refractivity contribution in [1.82, 2.24) is 0 Å². The van der Waals surface area contributed by atoms with Crippen molar-refractivity contribution in [3.63, 3.8) is 0 Å². The minimum atomic E-state index is -1.76.